The minimum Gasteiger partial charge on any atom is -0.391 e. The minimum absolute atomic E-state index is 0.0894. The van der Waals surface area contributed by atoms with Crippen LogP contribution < -0.4 is 21.3 Å². The van der Waals surface area contributed by atoms with E-state index in [1.807, 2.05) is 71.9 Å². The van der Waals surface area contributed by atoms with Crippen molar-refractivity contribution in [2.24, 2.45) is 29.6 Å². The zero-order chi connectivity index (χ0) is 32.7. The molecule has 1 rings (SSSR count). The first kappa shape index (κ1) is 38.1. The van der Waals surface area contributed by atoms with E-state index in [0.717, 1.165) is 12.0 Å². The van der Waals surface area contributed by atoms with Crippen molar-refractivity contribution in [1.82, 2.24) is 21.3 Å². The summed E-state index contributed by atoms with van der Waals surface area (Å²) < 4.78 is 0. The number of rotatable bonds is 19. The second kappa shape index (κ2) is 19.4. The summed E-state index contributed by atoms with van der Waals surface area (Å²) in [7, 11) is 0. The van der Waals surface area contributed by atoms with E-state index in [2.05, 4.69) is 35.1 Å². The van der Waals surface area contributed by atoms with E-state index in [-0.39, 0.29) is 47.8 Å². The largest absolute Gasteiger partial charge is 0.391 e. The summed E-state index contributed by atoms with van der Waals surface area (Å²) in [6.45, 7) is 18.0. The van der Waals surface area contributed by atoms with Gasteiger partial charge in [0.25, 0.3) is 0 Å². The SMILES string of the molecule is CC(C)CCNC(=O)C(C)NC(=O)[C@H](Cc1ccccc1)C[C@H](O)[C@H](CC(C)C)NC(=O)C(NC(=O)CC(C)C)C(C)C. The molecule has 1 aromatic rings. The molecule has 0 aliphatic carbocycles. The van der Waals surface area contributed by atoms with E-state index in [1.54, 1.807) is 6.92 Å². The summed E-state index contributed by atoms with van der Waals surface area (Å²) in [6, 6.07) is 7.44. The zero-order valence-corrected chi connectivity index (χ0v) is 27.9. The van der Waals surface area contributed by atoms with Crippen LogP contribution in [0.15, 0.2) is 30.3 Å². The van der Waals surface area contributed by atoms with Crippen LogP contribution in [0.5, 0.6) is 0 Å². The third kappa shape index (κ3) is 15.4. The van der Waals surface area contributed by atoms with Gasteiger partial charge in [0.05, 0.1) is 12.1 Å². The molecule has 0 aliphatic rings. The molecule has 4 amide bonds. The maximum absolute atomic E-state index is 13.5. The Bertz CT molecular complexity index is 996. The predicted molar refractivity (Wildman–Crippen MR) is 172 cm³/mol. The van der Waals surface area contributed by atoms with Gasteiger partial charge in [0.15, 0.2) is 0 Å². The molecule has 2 unspecified atom stereocenters. The molecule has 9 heteroatoms. The lowest BCUT2D eigenvalue weighted by Crippen LogP contribution is -2.55. The highest BCUT2D eigenvalue weighted by molar-refractivity contribution is 5.89. The molecule has 0 spiro atoms. The van der Waals surface area contributed by atoms with E-state index in [9.17, 15) is 24.3 Å². The third-order valence-corrected chi connectivity index (χ3v) is 7.37. The van der Waals surface area contributed by atoms with E-state index in [0.29, 0.717) is 31.7 Å². The highest BCUT2D eigenvalue weighted by Crippen LogP contribution is 2.20. The van der Waals surface area contributed by atoms with Gasteiger partial charge in [-0.25, -0.2) is 0 Å². The van der Waals surface area contributed by atoms with Crippen molar-refractivity contribution in [2.45, 2.75) is 119 Å². The monoisotopic (exact) mass is 602 g/mol. The standard InChI is InChI=1S/C34H58N4O5/c1-21(2)15-16-35-32(41)25(9)36-33(42)27(19-26-13-11-10-12-14-26)20-29(39)28(17-22(3)4)37-34(43)31(24(7)8)38-30(40)18-23(5)6/h10-14,21-25,27-29,31,39H,15-20H2,1-9H3,(H,35,41)(H,36,42)(H,37,43)(H,38,40)/t25?,27-,28+,29+,31?/m1/s1. The molecule has 43 heavy (non-hydrogen) atoms. The first-order valence-corrected chi connectivity index (χ1v) is 16.0. The van der Waals surface area contributed by atoms with E-state index in [4.69, 9.17) is 0 Å². The van der Waals surface area contributed by atoms with Gasteiger partial charge in [-0.2, -0.15) is 0 Å². The summed E-state index contributed by atoms with van der Waals surface area (Å²) in [5.74, 6) is -1.15. The summed E-state index contributed by atoms with van der Waals surface area (Å²) in [6.07, 6.45) is 1.09. The van der Waals surface area contributed by atoms with E-state index >= 15 is 0 Å². The van der Waals surface area contributed by atoms with Gasteiger partial charge in [-0.15, -0.1) is 0 Å². The Hall–Kier alpha value is -2.94. The Labute approximate surface area is 259 Å². The lowest BCUT2D eigenvalue weighted by Gasteiger charge is -2.31. The first-order chi connectivity index (χ1) is 20.1. The van der Waals surface area contributed by atoms with Crippen LogP contribution in [-0.2, 0) is 25.6 Å². The quantitative estimate of drug-likeness (QED) is 0.163. The minimum atomic E-state index is -1.03. The maximum atomic E-state index is 13.5. The van der Waals surface area contributed by atoms with E-state index < -0.39 is 30.1 Å². The van der Waals surface area contributed by atoms with Gasteiger partial charge in [0, 0.05) is 18.9 Å². The van der Waals surface area contributed by atoms with Crippen molar-refractivity contribution in [3.05, 3.63) is 35.9 Å². The molecule has 0 fully saturated rings. The molecule has 0 bridgehead atoms. The van der Waals surface area contributed by atoms with Gasteiger partial charge in [0.1, 0.15) is 12.1 Å². The van der Waals surface area contributed by atoms with Crippen molar-refractivity contribution in [2.75, 3.05) is 6.54 Å². The first-order valence-electron chi connectivity index (χ1n) is 16.0. The maximum Gasteiger partial charge on any atom is 0.243 e. The van der Waals surface area contributed by atoms with Crippen LogP contribution in [0.4, 0.5) is 0 Å². The van der Waals surface area contributed by atoms with Crippen LogP contribution in [0.1, 0.15) is 93.6 Å². The molecule has 0 saturated heterocycles. The number of hydrogen-bond donors (Lipinski definition) is 5. The fraction of sp³-hybridized carbons (Fsp3) is 0.706. The van der Waals surface area contributed by atoms with Gasteiger partial charge >= 0.3 is 0 Å². The van der Waals surface area contributed by atoms with Gasteiger partial charge in [-0.3, -0.25) is 19.2 Å². The average Bonchev–Trinajstić information content (AvgIpc) is 2.90. The fourth-order valence-corrected chi connectivity index (χ4v) is 4.90. The van der Waals surface area contributed by atoms with Crippen LogP contribution in [-0.4, -0.2) is 59.5 Å². The van der Waals surface area contributed by atoms with E-state index in [1.165, 1.54) is 0 Å². The topological polar surface area (TPSA) is 137 Å². The van der Waals surface area contributed by atoms with Crippen molar-refractivity contribution in [3.8, 4) is 0 Å². The van der Waals surface area contributed by atoms with Crippen LogP contribution in [0, 0.1) is 29.6 Å². The summed E-state index contributed by atoms with van der Waals surface area (Å²) in [5, 5.41) is 23.0. The Morgan fingerprint density at radius 3 is 1.88 bits per heavy atom. The number of carbonyl (C=O) groups excluding carboxylic acids is 4. The molecule has 0 heterocycles. The smallest absolute Gasteiger partial charge is 0.243 e. The zero-order valence-electron chi connectivity index (χ0n) is 27.9. The van der Waals surface area contributed by atoms with Gasteiger partial charge in [-0.1, -0.05) is 85.7 Å². The van der Waals surface area contributed by atoms with Crippen molar-refractivity contribution in [3.63, 3.8) is 0 Å². The number of aliphatic hydroxyl groups excluding tert-OH is 1. The Morgan fingerprint density at radius 2 is 1.35 bits per heavy atom. The molecule has 244 valence electrons. The summed E-state index contributed by atoms with van der Waals surface area (Å²) in [4.78, 5) is 52.0. The Morgan fingerprint density at radius 1 is 0.721 bits per heavy atom. The molecule has 0 radical (unpaired) electrons. The fourth-order valence-electron chi connectivity index (χ4n) is 4.90. The Kier molecular flexibility index (Phi) is 17.1. The lowest BCUT2D eigenvalue weighted by molar-refractivity contribution is -0.132. The molecule has 1 aromatic carbocycles. The summed E-state index contributed by atoms with van der Waals surface area (Å²) >= 11 is 0. The number of amides is 4. The van der Waals surface area contributed by atoms with Crippen molar-refractivity contribution in [1.29, 1.82) is 0 Å². The molecule has 5 atom stereocenters. The summed E-state index contributed by atoms with van der Waals surface area (Å²) in [5.41, 5.74) is 0.932. The normalized spacial score (nSPS) is 15.1. The van der Waals surface area contributed by atoms with Crippen molar-refractivity contribution >= 4 is 23.6 Å². The molecule has 9 nitrogen and oxygen atoms in total. The molecule has 5 N–H and O–H groups in total. The van der Waals surface area contributed by atoms with Crippen LogP contribution >= 0.6 is 0 Å². The number of aliphatic hydroxyl groups is 1. The molecular weight excluding hydrogens is 544 g/mol. The average molecular weight is 603 g/mol. The highest BCUT2D eigenvalue weighted by atomic mass is 16.3. The second-order valence-electron chi connectivity index (χ2n) is 13.5. The number of carbonyl (C=O) groups is 4. The Balaban J connectivity index is 3.10. The highest BCUT2D eigenvalue weighted by Gasteiger charge is 2.33. The predicted octanol–water partition coefficient (Wildman–Crippen LogP) is 3.98. The van der Waals surface area contributed by atoms with Crippen LogP contribution in [0.25, 0.3) is 0 Å². The van der Waals surface area contributed by atoms with Gasteiger partial charge in [0.2, 0.25) is 23.6 Å². The number of benzene rings is 1. The lowest BCUT2D eigenvalue weighted by atomic mass is 9.87. The molecular formula is C34H58N4O5. The van der Waals surface area contributed by atoms with Gasteiger partial charge < -0.3 is 26.4 Å². The van der Waals surface area contributed by atoms with Gasteiger partial charge in [-0.05, 0) is 61.8 Å². The second-order valence-corrected chi connectivity index (χ2v) is 13.5. The molecule has 0 aromatic heterocycles. The van der Waals surface area contributed by atoms with Crippen LogP contribution in [0.2, 0.25) is 0 Å². The molecule has 0 aliphatic heterocycles. The van der Waals surface area contributed by atoms with Crippen LogP contribution in [0.3, 0.4) is 0 Å². The third-order valence-electron chi connectivity index (χ3n) is 7.37. The number of nitrogens with one attached hydrogen (secondary N) is 4. The molecule has 0 saturated carbocycles. The van der Waals surface area contributed by atoms with Crippen molar-refractivity contribution < 1.29 is 24.3 Å². The number of hydrogen-bond acceptors (Lipinski definition) is 5.